The van der Waals surface area contributed by atoms with E-state index in [4.69, 9.17) is 0 Å². The Bertz CT molecular complexity index is 914. The average Bonchev–Trinajstić information content (AvgIpc) is 3.13. The molecule has 1 aromatic heterocycles. The zero-order chi connectivity index (χ0) is 18.5. The topological polar surface area (TPSA) is 73.4 Å². The molecule has 6 nitrogen and oxygen atoms in total. The molecule has 7 heteroatoms. The lowest BCUT2D eigenvalue weighted by Crippen LogP contribution is -2.18. The zero-order valence-corrected chi connectivity index (χ0v) is 14.4. The van der Waals surface area contributed by atoms with Gasteiger partial charge in [-0.25, -0.2) is 9.82 Å². The first-order valence-electron chi connectivity index (χ1n) is 7.95. The Labute approximate surface area is 150 Å². The van der Waals surface area contributed by atoms with E-state index in [1.807, 2.05) is 43.3 Å². The van der Waals surface area contributed by atoms with Crippen molar-refractivity contribution >= 4 is 17.8 Å². The normalized spacial score (nSPS) is 10.9. The molecular weight excluding hydrogens is 333 g/mol. The van der Waals surface area contributed by atoms with E-state index in [1.54, 1.807) is 24.4 Å². The Morgan fingerprint density at radius 1 is 1.15 bits per heavy atom. The summed E-state index contributed by atoms with van der Waals surface area (Å²) in [5.74, 6) is -0.734. The summed E-state index contributed by atoms with van der Waals surface area (Å²) in [5, 5.41) is 10.7. The van der Waals surface area contributed by atoms with Gasteiger partial charge in [0.05, 0.1) is 11.9 Å². The number of aromatic amines is 1. The maximum atomic E-state index is 13.0. The van der Waals surface area contributed by atoms with E-state index in [1.165, 1.54) is 12.1 Å². The molecule has 2 N–H and O–H groups in total. The molecule has 0 aliphatic rings. The van der Waals surface area contributed by atoms with Crippen LogP contribution in [0.5, 0.6) is 0 Å². The van der Waals surface area contributed by atoms with Crippen molar-refractivity contribution < 1.29 is 9.18 Å². The maximum Gasteiger partial charge on any atom is 0.289 e. The Balaban J connectivity index is 1.62. The average molecular weight is 351 g/mol. The van der Waals surface area contributed by atoms with Crippen LogP contribution in [0.15, 0.2) is 59.7 Å². The van der Waals surface area contributed by atoms with E-state index >= 15 is 0 Å². The van der Waals surface area contributed by atoms with E-state index in [0.29, 0.717) is 11.3 Å². The molecule has 1 heterocycles. The van der Waals surface area contributed by atoms with Gasteiger partial charge in [-0.2, -0.15) is 10.2 Å². The van der Waals surface area contributed by atoms with Crippen molar-refractivity contribution in [3.8, 4) is 11.3 Å². The predicted octanol–water partition coefficient (Wildman–Crippen LogP) is 3.05. The molecule has 0 unspecified atom stereocenters. The number of nitrogens with zero attached hydrogens (tertiary/aromatic N) is 3. The van der Waals surface area contributed by atoms with Gasteiger partial charge in [-0.15, -0.1) is 0 Å². The van der Waals surface area contributed by atoms with Gasteiger partial charge in [0.2, 0.25) is 0 Å². The third kappa shape index (κ3) is 4.13. The summed E-state index contributed by atoms with van der Waals surface area (Å²) in [6.45, 7) is 0. The smallest absolute Gasteiger partial charge is 0.289 e. The van der Waals surface area contributed by atoms with Crippen LogP contribution >= 0.6 is 0 Å². The second-order valence-electron chi connectivity index (χ2n) is 5.86. The molecule has 0 spiro atoms. The van der Waals surface area contributed by atoms with Crippen molar-refractivity contribution in [2.45, 2.75) is 0 Å². The highest BCUT2D eigenvalue weighted by molar-refractivity contribution is 5.94. The highest BCUT2D eigenvalue weighted by atomic mass is 19.1. The van der Waals surface area contributed by atoms with Crippen molar-refractivity contribution in [1.29, 1.82) is 0 Å². The number of benzene rings is 2. The number of nitrogens with one attached hydrogen (secondary N) is 2. The third-order valence-corrected chi connectivity index (χ3v) is 3.75. The summed E-state index contributed by atoms with van der Waals surface area (Å²) in [6, 6.07) is 15.2. The molecule has 1 amide bonds. The largest absolute Gasteiger partial charge is 0.378 e. The predicted molar refractivity (Wildman–Crippen MR) is 99.8 cm³/mol. The molecule has 2 aromatic carbocycles. The van der Waals surface area contributed by atoms with Gasteiger partial charge in [0, 0.05) is 25.3 Å². The second kappa shape index (κ2) is 7.60. The van der Waals surface area contributed by atoms with E-state index < -0.39 is 5.91 Å². The Hall–Kier alpha value is -3.48. The number of anilines is 1. The summed E-state index contributed by atoms with van der Waals surface area (Å²) < 4.78 is 13.0. The molecule has 0 saturated heterocycles. The third-order valence-electron chi connectivity index (χ3n) is 3.75. The molecule has 0 aliphatic heterocycles. The lowest BCUT2D eigenvalue weighted by molar-refractivity contribution is 0.0950. The van der Waals surface area contributed by atoms with Crippen molar-refractivity contribution in [1.82, 2.24) is 15.6 Å². The minimum atomic E-state index is -0.410. The number of carbonyl (C=O) groups excluding carboxylic acids is 1. The van der Waals surface area contributed by atoms with Gasteiger partial charge in [-0.1, -0.05) is 12.1 Å². The van der Waals surface area contributed by atoms with E-state index in [0.717, 1.165) is 11.3 Å². The number of H-pyrrole nitrogens is 1. The molecule has 0 aliphatic carbocycles. The minimum Gasteiger partial charge on any atom is -0.378 e. The van der Waals surface area contributed by atoms with Crippen LogP contribution in [0.2, 0.25) is 0 Å². The van der Waals surface area contributed by atoms with E-state index in [-0.39, 0.29) is 11.5 Å². The Morgan fingerprint density at radius 3 is 2.50 bits per heavy atom. The van der Waals surface area contributed by atoms with Crippen LogP contribution < -0.4 is 10.3 Å². The number of aromatic nitrogens is 2. The molecule has 0 saturated carbocycles. The van der Waals surface area contributed by atoms with Crippen LogP contribution in [0, 0.1) is 5.82 Å². The molecular formula is C19H18FN5O. The first-order chi connectivity index (χ1) is 12.5. The first-order valence-corrected chi connectivity index (χ1v) is 7.95. The van der Waals surface area contributed by atoms with Crippen LogP contribution in [0.3, 0.4) is 0 Å². The van der Waals surface area contributed by atoms with Gasteiger partial charge in [-0.3, -0.25) is 9.89 Å². The molecule has 0 radical (unpaired) electrons. The summed E-state index contributed by atoms with van der Waals surface area (Å²) >= 11 is 0. The van der Waals surface area contributed by atoms with Gasteiger partial charge in [0.15, 0.2) is 0 Å². The zero-order valence-electron chi connectivity index (χ0n) is 14.4. The SMILES string of the molecule is CN(C)c1ccc(/C=N\NC(=O)c2cc(-c3ccc(F)cc3)n[nH]2)cc1. The highest BCUT2D eigenvalue weighted by Crippen LogP contribution is 2.18. The van der Waals surface area contributed by atoms with Gasteiger partial charge < -0.3 is 4.90 Å². The molecule has 132 valence electrons. The summed E-state index contributed by atoms with van der Waals surface area (Å²) in [6.07, 6.45) is 1.56. The first kappa shape index (κ1) is 17.3. The monoisotopic (exact) mass is 351 g/mol. The fourth-order valence-corrected chi connectivity index (χ4v) is 2.29. The lowest BCUT2D eigenvalue weighted by Gasteiger charge is -2.11. The number of rotatable bonds is 5. The van der Waals surface area contributed by atoms with Crippen LogP contribution in [0.1, 0.15) is 16.1 Å². The van der Waals surface area contributed by atoms with Crippen molar-refractivity contribution in [2.24, 2.45) is 5.10 Å². The molecule has 0 fully saturated rings. The summed E-state index contributed by atoms with van der Waals surface area (Å²) in [5.41, 5.74) is 5.93. The summed E-state index contributed by atoms with van der Waals surface area (Å²) in [4.78, 5) is 14.1. The number of carbonyl (C=O) groups is 1. The standard InChI is InChI=1S/C19H18FN5O/c1-25(2)16-9-3-13(4-10-16)12-21-24-19(26)18-11-17(22-23-18)14-5-7-15(20)8-6-14/h3-12H,1-2H3,(H,22,23)(H,24,26)/b21-12-. The van der Waals surface area contributed by atoms with Crippen LogP contribution in [-0.2, 0) is 0 Å². The van der Waals surface area contributed by atoms with E-state index in [2.05, 4.69) is 20.7 Å². The summed E-state index contributed by atoms with van der Waals surface area (Å²) in [7, 11) is 3.93. The fraction of sp³-hybridized carbons (Fsp3) is 0.105. The van der Waals surface area contributed by atoms with Gasteiger partial charge in [0.1, 0.15) is 11.5 Å². The van der Waals surface area contributed by atoms with Gasteiger partial charge in [-0.05, 0) is 48.0 Å². The van der Waals surface area contributed by atoms with Crippen molar-refractivity contribution in [2.75, 3.05) is 19.0 Å². The maximum absolute atomic E-state index is 13.0. The number of hydrazone groups is 1. The van der Waals surface area contributed by atoms with Crippen LogP contribution in [-0.4, -0.2) is 36.4 Å². The molecule has 26 heavy (non-hydrogen) atoms. The Morgan fingerprint density at radius 2 is 1.85 bits per heavy atom. The highest BCUT2D eigenvalue weighted by Gasteiger charge is 2.10. The molecule has 3 aromatic rings. The Kier molecular flexibility index (Phi) is 5.07. The van der Waals surface area contributed by atoms with Crippen molar-refractivity contribution in [3.05, 3.63) is 71.7 Å². The number of amides is 1. The van der Waals surface area contributed by atoms with Crippen LogP contribution in [0.25, 0.3) is 11.3 Å². The number of halogens is 1. The van der Waals surface area contributed by atoms with E-state index in [9.17, 15) is 9.18 Å². The van der Waals surface area contributed by atoms with Gasteiger partial charge >= 0.3 is 0 Å². The number of hydrogen-bond acceptors (Lipinski definition) is 4. The molecule has 0 atom stereocenters. The minimum absolute atomic E-state index is 0.268. The van der Waals surface area contributed by atoms with Crippen LogP contribution in [0.4, 0.5) is 10.1 Å². The quantitative estimate of drug-likeness (QED) is 0.548. The van der Waals surface area contributed by atoms with Crippen molar-refractivity contribution in [3.63, 3.8) is 0 Å². The molecule has 0 bridgehead atoms. The fourth-order valence-electron chi connectivity index (χ4n) is 2.29. The van der Waals surface area contributed by atoms with Gasteiger partial charge in [0.25, 0.3) is 5.91 Å². The lowest BCUT2D eigenvalue weighted by atomic mass is 10.1. The molecule has 3 rings (SSSR count). The second-order valence-corrected chi connectivity index (χ2v) is 5.86. The number of hydrogen-bond donors (Lipinski definition) is 2.